The van der Waals surface area contributed by atoms with Gasteiger partial charge in [-0.25, -0.2) is 8.78 Å². The first-order valence-corrected chi connectivity index (χ1v) is 7.10. The zero-order chi connectivity index (χ0) is 14.8. The summed E-state index contributed by atoms with van der Waals surface area (Å²) < 4.78 is 27.2. The molecule has 3 nitrogen and oxygen atoms in total. The quantitative estimate of drug-likeness (QED) is 0.659. The van der Waals surface area contributed by atoms with E-state index >= 15 is 0 Å². The summed E-state index contributed by atoms with van der Waals surface area (Å²) in [7, 11) is 3.99. The molecular weight excluding hydrogens is 260 g/mol. The zero-order valence-electron chi connectivity index (χ0n) is 12.1. The van der Waals surface area contributed by atoms with Crippen molar-refractivity contribution in [2.24, 2.45) is 5.84 Å². The number of nitrogens with two attached hydrogens (primary N) is 1. The number of likely N-dealkylation sites (N-methyl/N-ethyl adjacent to an activating group) is 1. The first-order valence-electron chi connectivity index (χ1n) is 7.10. The van der Waals surface area contributed by atoms with Crippen LogP contribution >= 0.6 is 0 Å². The Balaban J connectivity index is 2.42. The van der Waals surface area contributed by atoms with Gasteiger partial charge in [0.2, 0.25) is 0 Å². The van der Waals surface area contributed by atoms with Crippen LogP contribution in [0, 0.1) is 11.6 Å². The molecule has 1 unspecified atom stereocenters. The SMILES string of the molecule is CN(C)C1(C(NN)c2ccc(F)cc2F)CCCCC1. The fourth-order valence-electron chi connectivity index (χ4n) is 3.43. The highest BCUT2D eigenvalue weighted by atomic mass is 19.1. The summed E-state index contributed by atoms with van der Waals surface area (Å²) in [5.74, 6) is 4.62. The number of hydrazine groups is 1. The van der Waals surface area contributed by atoms with E-state index in [2.05, 4.69) is 10.3 Å². The lowest BCUT2D eigenvalue weighted by Gasteiger charge is -2.48. The minimum Gasteiger partial charge on any atom is -0.302 e. The Morgan fingerprint density at radius 2 is 1.85 bits per heavy atom. The third kappa shape index (κ3) is 2.71. The minimum absolute atomic E-state index is 0.230. The topological polar surface area (TPSA) is 41.3 Å². The molecule has 5 heteroatoms. The normalized spacial score (nSPS) is 20.1. The maximum absolute atomic E-state index is 14.1. The largest absolute Gasteiger partial charge is 0.302 e. The fourth-order valence-corrected chi connectivity index (χ4v) is 3.43. The van der Waals surface area contributed by atoms with E-state index in [4.69, 9.17) is 5.84 Å². The minimum atomic E-state index is -0.565. The third-order valence-electron chi connectivity index (χ3n) is 4.59. The smallest absolute Gasteiger partial charge is 0.131 e. The number of nitrogens with one attached hydrogen (secondary N) is 1. The number of benzene rings is 1. The number of rotatable bonds is 4. The molecule has 0 spiro atoms. The van der Waals surface area contributed by atoms with Gasteiger partial charge in [-0.2, -0.15) is 0 Å². The van der Waals surface area contributed by atoms with Gasteiger partial charge in [0.15, 0.2) is 0 Å². The predicted molar refractivity (Wildman–Crippen MR) is 75.9 cm³/mol. The van der Waals surface area contributed by atoms with Gasteiger partial charge >= 0.3 is 0 Å². The third-order valence-corrected chi connectivity index (χ3v) is 4.59. The molecule has 0 aliphatic heterocycles. The van der Waals surface area contributed by atoms with Crippen molar-refractivity contribution >= 4 is 0 Å². The lowest BCUT2D eigenvalue weighted by atomic mass is 9.73. The van der Waals surface area contributed by atoms with Crippen molar-refractivity contribution in [1.82, 2.24) is 10.3 Å². The number of hydrogen-bond donors (Lipinski definition) is 2. The molecule has 0 radical (unpaired) electrons. The van der Waals surface area contributed by atoms with Crippen molar-refractivity contribution in [3.8, 4) is 0 Å². The van der Waals surface area contributed by atoms with Crippen molar-refractivity contribution in [3.05, 3.63) is 35.4 Å². The second-order valence-corrected chi connectivity index (χ2v) is 5.82. The average molecular weight is 283 g/mol. The van der Waals surface area contributed by atoms with E-state index in [9.17, 15) is 8.78 Å². The van der Waals surface area contributed by atoms with Crippen LogP contribution in [0.25, 0.3) is 0 Å². The molecule has 20 heavy (non-hydrogen) atoms. The molecule has 0 bridgehead atoms. The van der Waals surface area contributed by atoms with Gasteiger partial charge in [-0.1, -0.05) is 25.3 Å². The monoisotopic (exact) mass is 283 g/mol. The van der Waals surface area contributed by atoms with Crippen LogP contribution in [0.15, 0.2) is 18.2 Å². The summed E-state index contributed by atoms with van der Waals surface area (Å²) in [4.78, 5) is 2.12. The molecule has 2 rings (SSSR count). The molecule has 1 aliphatic rings. The van der Waals surface area contributed by atoms with Crippen LogP contribution in [0.4, 0.5) is 8.78 Å². The first kappa shape index (κ1) is 15.4. The Morgan fingerprint density at radius 1 is 1.20 bits per heavy atom. The summed E-state index contributed by atoms with van der Waals surface area (Å²) in [6, 6.07) is 3.36. The predicted octanol–water partition coefficient (Wildman–Crippen LogP) is 2.73. The molecule has 1 aromatic carbocycles. The average Bonchev–Trinajstić information content (AvgIpc) is 2.43. The molecule has 112 valence electrons. The van der Waals surface area contributed by atoms with Crippen molar-refractivity contribution in [1.29, 1.82) is 0 Å². The molecule has 0 aromatic heterocycles. The van der Waals surface area contributed by atoms with Gasteiger partial charge in [0.05, 0.1) is 6.04 Å². The van der Waals surface area contributed by atoms with Crippen LogP contribution in [-0.2, 0) is 0 Å². The highest BCUT2D eigenvalue weighted by molar-refractivity contribution is 5.26. The number of halogens is 2. The van der Waals surface area contributed by atoms with Crippen LogP contribution in [0.2, 0.25) is 0 Å². The van der Waals surface area contributed by atoms with Crippen molar-refractivity contribution in [2.75, 3.05) is 14.1 Å². The summed E-state index contributed by atoms with van der Waals surface area (Å²) in [6.45, 7) is 0. The van der Waals surface area contributed by atoms with Gasteiger partial charge < -0.3 is 4.90 Å². The van der Waals surface area contributed by atoms with Gasteiger partial charge in [0, 0.05) is 17.2 Å². The molecule has 1 aliphatic carbocycles. The Bertz CT molecular complexity index is 456. The van der Waals surface area contributed by atoms with Crippen molar-refractivity contribution in [3.63, 3.8) is 0 Å². The molecule has 3 N–H and O–H groups in total. The first-order chi connectivity index (χ1) is 9.51. The Hall–Kier alpha value is -1.04. The Morgan fingerprint density at radius 3 is 2.35 bits per heavy atom. The van der Waals surface area contributed by atoms with E-state index in [1.54, 1.807) is 0 Å². The van der Waals surface area contributed by atoms with E-state index in [0.717, 1.165) is 31.7 Å². The highest BCUT2D eigenvalue weighted by Gasteiger charge is 2.43. The molecule has 1 aromatic rings. The lowest BCUT2D eigenvalue weighted by molar-refractivity contribution is 0.0550. The maximum atomic E-state index is 14.1. The van der Waals surface area contributed by atoms with Gasteiger partial charge in [0.1, 0.15) is 11.6 Å². The van der Waals surface area contributed by atoms with Crippen LogP contribution in [-0.4, -0.2) is 24.5 Å². The van der Waals surface area contributed by atoms with E-state index in [1.807, 2.05) is 14.1 Å². The van der Waals surface area contributed by atoms with Gasteiger partial charge in [-0.05, 0) is 33.0 Å². The summed E-state index contributed by atoms with van der Waals surface area (Å²) in [6.07, 6.45) is 5.29. The molecule has 0 amide bonds. The van der Waals surface area contributed by atoms with Gasteiger partial charge in [-0.15, -0.1) is 0 Å². The van der Waals surface area contributed by atoms with Gasteiger partial charge in [-0.3, -0.25) is 11.3 Å². The molecule has 0 saturated heterocycles. The van der Waals surface area contributed by atoms with Crippen LogP contribution < -0.4 is 11.3 Å². The summed E-state index contributed by atoms with van der Waals surface area (Å²) >= 11 is 0. The molecule has 1 saturated carbocycles. The van der Waals surface area contributed by atoms with Crippen molar-refractivity contribution < 1.29 is 8.78 Å². The van der Waals surface area contributed by atoms with E-state index in [-0.39, 0.29) is 11.6 Å². The summed E-state index contributed by atoms with van der Waals surface area (Å²) in [5.41, 5.74) is 2.97. The second-order valence-electron chi connectivity index (χ2n) is 5.82. The second kappa shape index (κ2) is 6.16. The number of nitrogens with zero attached hydrogens (tertiary/aromatic N) is 1. The molecule has 1 fully saturated rings. The molecule has 0 heterocycles. The maximum Gasteiger partial charge on any atom is 0.131 e. The Kier molecular flexibility index (Phi) is 4.73. The standard InChI is InChI=1S/C15H23F2N3/c1-20(2)15(8-4-3-5-9-15)14(19-18)12-7-6-11(16)10-13(12)17/h6-7,10,14,19H,3-5,8-9,18H2,1-2H3. The Labute approximate surface area is 119 Å². The summed E-state index contributed by atoms with van der Waals surface area (Å²) in [5, 5.41) is 0. The van der Waals surface area contributed by atoms with Crippen molar-refractivity contribution in [2.45, 2.75) is 43.7 Å². The van der Waals surface area contributed by atoms with E-state index in [0.29, 0.717) is 5.56 Å². The van der Waals surface area contributed by atoms with E-state index in [1.165, 1.54) is 18.6 Å². The zero-order valence-corrected chi connectivity index (χ0v) is 12.1. The van der Waals surface area contributed by atoms with Crippen LogP contribution in [0.1, 0.15) is 43.7 Å². The van der Waals surface area contributed by atoms with Crippen LogP contribution in [0.3, 0.4) is 0 Å². The number of hydrogen-bond acceptors (Lipinski definition) is 3. The molecular formula is C15H23F2N3. The van der Waals surface area contributed by atoms with Crippen LogP contribution in [0.5, 0.6) is 0 Å². The fraction of sp³-hybridized carbons (Fsp3) is 0.600. The lowest BCUT2D eigenvalue weighted by Crippen LogP contribution is -2.56. The molecule has 1 atom stereocenters. The highest BCUT2D eigenvalue weighted by Crippen LogP contribution is 2.42. The van der Waals surface area contributed by atoms with E-state index < -0.39 is 11.6 Å². The van der Waals surface area contributed by atoms with Gasteiger partial charge in [0.25, 0.3) is 0 Å².